The quantitative estimate of drug-likeness (QED) is 0.176. The van der Waals surface area contributed by atoms with Gasteiger partial charge in [-0.2, -0.15) is 5.75 Å². The van der Waals surface area contributed by atoms with Crippen LogP contribution in [0.1, 0.15) is 96.8 Å². The largest absolute Gasteiger partial charge is 1.00 e. The Balaban J connectivity index is 0. The van der Waals surface area contributed by atoms with Gasteiger partial charge in [0, 0.05) is 0 Å². The Morgan fingerprint density at radius 1 is 0.500 bits per heavy atom. The maximum absolute atomic E-state index is 4.94. The summed E-state index contributed by atoms with van der Waals surface area (Å²) in [7, 11) is 0. The minimum atomic E-state index is 0. The van der Waals surface area contributed by atoms with Crippen molar-refractivity contribution < 1.29 is 22.4 Å². The molecule has 2 heteroatoms. The summed E-state index contributed by atoms with van der Waals surface area (Å²) in [5, 5.41) is 0. The van der Waals surface area contributed by atoms with Crippen LogP contribution in [0.15, 0.2) is 0 Å². The molecule has 0 atom stereocenters. The molecule has 0 rings (SSSR count). The van der Waals surface area contributed by atoms with Crippen molar-refractivity contribution in [2.75, 3.05) is 5.75 Å². The van der Waals surface area contributed by atoms with Crippen LogP contribution in [-0.2, 0) is 35.0 Å². The fraction of sp³-hybridized carbons (Fsp3) is 1.00. The van der Waals surface area contributed by atoms with Crippen molar-refractivity contribution in [2.45, 2.75) is 96.8 Å². The van der Waals surface area contributed by atoms with Crippen LogP contribution in [0.5, 0.6) is 0 Å². The van der Waals surface area contributed by atoms with E-state index in [4.69, 9.17) is 12.6 Å². The second-order valence-corrected chi connectivity index (χ2v) is 5.71. The van der Waals surface area contributed by atoms with Gasteiger partial charge < -0.3 is 12.6 Å². The van der Waals surface area contributed by atoms with Crippen molar-refractivity contribution in [2.24, 2.45) is 0 Å². The van der Waals surface area contributed by atoms with E-state index in [2.05, 4.69) is 6.92 Å². The molecule has 0 N–H and O–H groups in total. The average molecular weight is 454 g/mol. The Kier molecular flexibility index (Phi) is 24.3. The fourth-order valence-corrected chi connectivity index (χ4v) is 2.50. The van der Waals surface area contributed by atoms with Crippen LogP contribution in [0.4, 0.5) is 0 Å². The Bertz CT molecular complexity index is 114. The van der Waals surface area contributed by atoms with Crippen molar-refractivity contribution in [3.63, 3.8) is 0 Å². The molecule has 0 nitrogen and oxygen atoms in total. The molecular formula is C16H33AuS. The van der Waals surface area contributed by atoms with Gasteiger partial charge in [0.1, 0.15) is 0 Å². The molecule has 0 radical (unpaired) electrons. The smallest absolute Gasteiger partial charge is 0.793 e. The molecule has 0 aliphatic carbocycles. The summed E-state index contributed by atoms with van der Waals surface area (Å²) in [4.78, 5) is 0. The first-order chi connectivity index (χ1) is 8.41. The molecule has 0 aromatic heterocycles. The zero-order valence-corrected chi connectivity index (χ0v) is 15.3. The van der Waals surface area contributed by atoms with Gasteiger partial charge in [-0.1, -0.05) is 96.8 Å². The summed E-state index contributed by atoms with van der Waals surface area (Å²) in [5.41, 5.74) is 0. The molecule has 0 aliphatic heterocycles. The Morgan fingerprint density at radius 3 is 1.06 bits per heavy atom. The zero-order valence-electron chi connectivity index (χ0n) is 12.3. The van der Waals surface area contributed by atoms with Gasteiger partial charge in [0.05, 0.1) is 0 Å². The van der Waals surface area contributed by atoms with E-state index in [1.165, 1.54) is 89.9 Å². The summed E-state index contributed by atoms with van der Waals surface area (Å²) >= 11 is 4.94. The summed E-state index contributed by atoms with van der Waals surface area (Å²) < 4.78 is 0. The molecule has 0 heterocycles. The standard InChI is InChI=1S/C16H34S.Au/c1-2-3-4-5-6-7-8-9-10-11-12-13-14-15-16-17;/h17H,2-16H2,1H3;/q;+1/p-1. The second kappa shape index (κ2) is 20.4. The summed E-state index contributed by atoms with van der Waals surface area (Å²) in [5.74, 6) is 0.956. The topological polar surface area (TPSA) is 0 Å². The first-order valence-corrected chi connectivity index (χ1v) is 8.57. The third-order valence-electron chi connectivity index (χ3n) is 3.50. The van der Waals surface area contributed by atoms with Crippen LogP contribution in [0.25, 0.3) is 0 Å². The maximum atomic E-state index is 4.94. The monoisotopic (exact) mass is 454 g/mol. The number of hydrogen-bond donors (Lipinski definition) is 0. The van der Waals surface area contributed by atoms with E-state index in [9.17, 15) is 0 Å². The minimum absolute atomic E-state index is 0. The van der Waals surface area contributed by atoms with Crippen LogP contribution in [0, 0.1) is 0 Å². The van der Waals surface area contributed by atoms with E-state index >= 15 is 0 Å². The van der Waals surface area contributed by atoms with Crippen molar-refractivity contribution >= 4 is 12.6 Å². The van der Waals surface area contributed by atoms with Crippen molar-refractivity contribution in [1.82, 2.24) is 0 Å². The molecule has 0 aromatic rings. The summed E-state index contributed by atoms with van der Waals surface area (Å²) in [6.45, 7) is 2.29. The van der Waals surface area contributed by atoms with Crippen LogP contribution >= 0.6 is 0 Å². The van der Waals surface area contributed by atoms with Gasteiger partial charge in [-0.15, -0.1) is 0 Å². The second-order valence-electron chi connectivity index (χ2n) is 5.30. The normalized spacial score (nSPS) is 10.3. The third-order valence-corrected chi connectivity index (χ3v) is 3.79. The molecule has 0 unspecified atom stereocenters. The van der Waals surface area contributed by atoms with Crippen LogP contribution in [-0.4, -0.2) is 5.75 Å². The van der Waals surface area contributed by atoms with Gasteiger partial charge in [-0.25, -0.2) is 0 Å². The fourth-order valence-electron chi connectivity index (χ4n) is 2.30. The molecule has 0 saturated carbocycles. The van der Waals surface area contributed by atoms with E-state index in [1.807, 2.05) is 0 Å². The van der Waals surface area contributed by atoms with Crippen LogP contribution < -0.4 is 0 Å². The minimum Gasteiger partial charge on any atom is -0.793 e. The van der Waals surface area contributed by atoms with Crippen molar-refractivity contribution in [3.8, 4) is 0 Å². The SMILES string of the molecule is CCCCCCCCCCCCCCCC[S-].[Au+]. The number of rotatable bonds is 14. The molecule has 0 aliphatic rings. The molecule has 0 bridgehead atoms. The Morgan fingerprint density at radius 2 is 0.778 bits per heavy atom. The van der Waals surface area contributed by atoms with Crippen LogP contribution in [0.2, 0.25) is 0 Å². The van der Waals surface area contributed by atoms with E-state index in [-0.39, 0.29) is 22.4 Å². The molecule has 0 fully saturated rings. The maximum Gasteiger partial charge on any atom is 1.00 e. The molecule has 0 aromatic carbocycles. The summed E-state index contributed by atoms with van der Waals surface area (Å²) in [6.07, 6.45) is 20.0. The van der Waals surface area contributed by atoms with E-state index in [1.54, 1.807) is 0 Å². The summed E-state index contributed by atoms with van der Waals surface area (Å²) in [6, 6.07) is 0. The molecular weight excluding hydrogens is 421 g/mol. The van der Waals surface area contributed by atoms with Gasteiger partial charge in [0.2, 0.25) is 0 Å². The predicted molar refractivity (Wildman–Crippen MR) is 82.5 cm³/mol. The number of hydrogen-bond acceptors (Lipinski definition) is 1. The third kappa shape index (κ3) is 19.4. The van der Waals surface area contributed by atoms with E-state index in [0.29, 0.717) is 0 Å². The van der Waals surface area contributed by atoms with Crippen LogP contribution in [0.3, 0.4) is 0 Å². The molecule has 114 valence electrons. The first-order valence-electron chi connectivity index (χ1n) is 8.00. The van der Waals surface area contributed by atoms with Gasteiger partial charge in [0.15, 0.2) is 0 Å². The first kappa shape index (κ1) is 21.4. The van der Waals surface area contributed by atoms with Crippen molar-refractivity contribution in [1.29, 1.82) is 0 Å². The van der Waals surface area contributed by atoms with Gasteiger partial charge in [0.25, 0.3) is 0 Å². The zero-order chi connectivity index (χ0) is 12.6. The molecule has 0 saturated heterocycles. The molecule has 18 heavy (non-hydrogen) atoms. The average Bonchev–Trinajstić information content (AvgIpc) is 2.35. The number of unbranched alkanes of at least 4 members (excludes halogenated alkanes) is 13. The molecule has 0 amide bonds. The predicted octanol–water partition coefficient (Wildman–Crippen LogP) is 6.01. The van der Waals surface area contributed by atoms with E-state index in [0.717, 1.165) is 5.75 Å². The Labute approximate surface area is 137 Å². The Hall–Kier alpha value is 1.09. The van der Waals surface area contributed by atoms with E-state index < -0.39 is 0 Å². The van der Waals surface area contributed by atoms with Gasteiger partial charge >= 0.3 is 22.4 Å². The van der Waals surface area contributed by atoms with Crippen molar-refractivity contribution in [3.05, 3.63) is 0 Å². The van der Waals surface area contributed by atoms with Gasteiger partial charge in [-0.05, 0) is 0 Å². The van der Waals surface area contributed by atoms with Gasteiger partial charge in [-0.3, -0.25) is 0 Å². The molecule has 0 spiro atoms.